The summed E-state index contributed by atoms with van der Waals surface area (Å²) in [6, 6.07) is 19.6. The van der Waals surface area contributed by atoms with Gasteiger partial charge >= 0.3 is 5.97 Å². The maximum absolute atomic E-state index is 10.6. The summed E-state index contributed by atoms with van der Waals surface area (Å²) in [7, 11) is 0. The van der Waals surface area contributed by atoms with Crippen molar-refractivity contribution >= 4 is 5.97 Å². The molecule has 2 aromatic carbocycles. The zero-order valence-electron chi connectivity index (χ0n) is 16.2. The van der Waals surface area contributed by atoms with Crippen LogP contribution in [0.3, 0.4) is 0 Å². The van der Waals surface area contributed by atoms with Crippen molar-refractivity contribution in [2.75, 3.05) is 6.61 Å². The predicted octanol–water partition coefficient (Wildman–Crippen LogP) is 5.16. The molecule has 1 fully saturated rings. The van der Waals surface area contributed by atoms with Crippen molar-refractivity contribution in [3.63, 3.8) is 0 Å². The van der Waals surface area contributed by atoms with Crippen molar-refractivity contribution < 1.29 is 19.4 Å². The summed E-state index contributed by atoms with van der Waals surface area (Å²) < 4.78 is 12.3. The van der Waals surface area contributed by atoms with Gasteiger partial charge in [-0.15, -0.1) is 0 Å². The normalized spacial score (nSPS) is 21.7. The van der Waals surface area contributed by atoms with Gasteiger partial charge in [-0.05, 0) is 30.9 Å². The summed E-state index contributed by atoms with van der Waals surface area (Å²) in [6.07, 6.45) is 5.73. The van der Waals surface area contributed by atoms with E-state index in [1.807, 2.05) is 54.6 Å². The molecule has 5 nitrogen and oxygen atoms in total. The second-order valence-corrected chi connectivity index (χ2v) is 7.08. The molecule has 0 bridgehead atoms. The van der Waals surface area contributed by atoms with Gasteiger partial charge in [-0.25, -0.2) is 0 Å². The molecule has 0 radical (unpaired) electrons. The minimum Gasteiger partial charge on any atom is -0.481 e. The van der Waals surface area contributed by atoms with Crippen LogP contribution in [-0.4, -0.2) is 17.7 Å². The number of carbonyl (C=O) groups is 1. The van der Waals surface area contributed by atoms with Crippen LogP contribution in [-0.2, 0) is 14.3 Å². The van der Waals surface area contributed by atoms with Crippen LogP contribution in [0.2, 0.25) is 0 Å². The molecule has 3 atom stereocenters. The van der Waals surface area contributed by atoms with Crippen LogP contribution in [0.5, 0.6) is 0 Å². The Hall–Kier alpha value is -2.94. The predicted molar refractivity (Wildman–Crippen MR) is 109 cm³/mol. The summed E-state index contributed by atoms with van der Waals surface area (Å²) in [5.74, 6) is -0.626. The molecule has 0 aromatic heterocycles. The molecule has 5 heteroatoms. The van der Waals surface area contributed by atoms with Gasteiger partial charge in [0.2, 0.25) is 0 Å². The van der Waals surface area contributed by atoms with E-state index in [0.717, 1.165) is 24.0 Å². The van der Waals surface area contributed by atoms with Crippen molar-refractivity contribution in [3.8, 4) is 6.07 Å². The number of carboxylic acid groups (broad SMARTS) is 1. The third-order valence-corrected chi connectivity index (χ3v) is 4.99. The Morgan fingerprint density at radius 2 is 1.90 bits per heavy atom. The minimum atomic E-state index is -0.764. The number of hydrogen-bond donors (Lipinski definition) is 1. The first-order valence-electron chi connectivity index (χ1n) is 9.87. The average Bonchev–Trinajstić information content (AvgIpc) is 2.76. The Bertz CT molecular complexity index is 872. The molecule has 1 aliphatic rings. The molecule has 0 spiro atoms. The van der Waals surface area contributed by atoms with Crippen LogP contribution >= 0.6 is 0 Å². The summed E-state index contributed by atoms with van der Waals surface area (Å²) in [4.78, 5) is 10.6. The third kappa shape index (κ3) is 5.77. The molecule has 1 heterocycles. The van der Waals surface area contributed by atoms with Gasteiger partial charge in [0.1, 0.15) is 0 Å². The van der Waals surface area contributed by atoms with E-state index in [1.165, 1.54) is 0 Å². The highest BCUT2D eigenvalue weighted by molar-refractivity contribution is 5.66. The van der Waals surface area contributed by atoms with Crippen LogP contribution in [0.4, 0.5) is 0 Å². The fourth-order valence-electron chi connectivity index (χ4n) is 3.49. The second kappa shape index (κ2) is 10.6. The first-order chi connectivity index (χ1) is 14.2. The Kier molecular flexibility index (Phi) is 7.57. The van der Waals surface area contributed by atoms with Crippen LogP contribution in [0, 0.1) is 17.2 Å². The van der Waals surface area contributed by atoms with E-state index in [4.69, 9.17) is 14.6 Å². The maximum atomic E-state index is 10.6. The molecule has 29 heavy (non-hydrogen) atoms. The van der Waals surface area contributed by atoms with E-state index >= 15 is 0 Å². The highest BCUT2D eigenvalue weighted by atomic mass is 16.7. The number of hydrogen-bond acceptors (Lipinski definition) is 4. The number of nitriles is 1. The van der Waals surface area contributed by atoms with Crippen molar-refractivity contribution in [1.29, 1.82) is 5.26 Å². The third-order valence-electron chi connectivity index (χ3n) is 4.99. The standard InChI is InChI=1S/C24H25NO4/c25-16-19-12-8-9-14-21(19)24-28-17-20(13-4-1-2-7-15-22(26)27)23(29-24)18-10-5-3-6-11-18/h1,3-6,8-12,14,20,23-24H,2,7,13,15,17H2,(H,26,27)/b4-1-. The van der Waals surface area contributed by atoms with E-state index in [9.17, 15) is 10.1 Å². The number of carboxylic acids is 1. The lowest BCUT2D eigenvalue weighted by Gasteiger charge is -2.37. The fraction of sp³-hybridized carbons (Fsp3) is 0.333. The average molecular weight is 391 g/mol. The smallest absolute Gasteiger partial charge is 0.303 e. The lowest BCUT2D eigenvalue weighted by molar-refractivity contribution is -0.244. The van der Waals surface area contributed by atoms with Crippen molar-refractivity contribution in [1.82, 2.24) is 0 Å². The van der Waals surface area contributed by atoms with Gasteiger partial charge in [0.05, 0.1) is 24.3 Å². The number of nitrogens with zero attached hydrogens (tertiary/aromatic N) is 1. The Labute approximate surface area is 171 Å². The first kappa shape index (κ1) is 20.8. The molecule has 150 valence electrons. The number of benzene rings is 2. The van der Waals surface area contributed by atoms with Crippen LogP contribution < -0.4 is 0 Å². The zero-order valence-corrected chi connectivity index (χ0v) is 16.2. The summed E-state index contributed by atoms with van der Waals surface area (Å²) in [5.41, 5.74) is 2.39. The van der Waals surface area contributed by atoms with Crippen molar-refractivity contribution in [3.05, 3.63) is 83.4 Å². The molecule has 0 saturated carbocycles. The Morgan fingerprint density at radius 1 is 1.14 bits per heavy atom. The van der Waals surface area contributed by atoms with Crippen molar-refractivity contribution in [2.24, 2.45) is 5.92 Å². The summed E-state index contributed by atoms with van der Waals surface area (Å²) >= 11 is 0. The van der Waals surface area contributed by atoms with Crippen LogP contribution in [0.25, 0.3) is 0 Å². The first-order valence-corrected chi connectivity index (χ1v) is 9.87. The lowest BCUT2D eigenvalue weighted by Crippen LogP contribution is -2.30. The quantitative estimate of drug-likeness (QED) is 0.496. The molecule has 2 aromatic rings. The highest BCUT2D eigenvalue weighted by Crippen LogP contribution is 2.40. The lowest BCUT2D eigenvalue weighted by atomic mass is 9.91. The number of unbranched alkanes of at least 4 members (excludes halogenated alkanes) is 1. The Morgan fingerprint density at radius 3 is 2.66 bits per heavy atom. The van der Waals surface area contributed by atoms with Gasteiger partial charge in [0.15, 0.2) is 6.29 Å². The minimum absolute atomic E-state index is 0.138. The van der Waals surface area contributed by atoms with Crippen molar-refractivity contribution in [2.45, 2.75) is 38.1 Å². The highest BCUT2D eigenvalue weighted by Gasteiger charge is 2.34. The SMILES string of the molecule is N#Cc1ccccc1C1OCC(C/C=C\CCCC(=O)O)C(c2ccccc2)O1. The van der Waals surface area contributed by atoms with Gasteiger partial charge in [-0.3, -0.25) is 4.79 Å². The van der Waals surface area contributed by atoms with E-state index in [0.29, 0.717) is 18.6 Å². The molecule has 1 saturated heterocycles. The molecular formula is C24H25NO4. The summed E-state index contributed by atoms with van der Waals surface area (Å²) in [5, 5.41) is 18.1. The van der Waals surface area contributed by atoms with Crippen LogP contribution in [0.1, 0.15) is 54.8 Å². The van der Waals surface area contributed by atoms with E-state index in [1.54, 1.807) is 6.07 Å². The molecule has 3 unspecified atom stereocenters. The van der Waals surface area contributed by atoms with Gasteiger partial charge in [-0.1, -0.05) is 60.7 Å². The molecule has 1 aliphatic heterocycles. The maximum Gasteiger partial charge on any atom is 0.303 e. The zero-order chi connectivity index (χ0) is 20.5. The molecular weight excluding hydrogens is 366 g/mol. The molecule has 1 N–H and O–H groups in total. The number of rotatable bonds is 8. The van der Waals surface area contributed by atoms with Gasteiger partial charge < -0.3 is 14.6 Å². The number of aliphatic carboxylic acids is 1. The number of ether oxygens (including phenoxy) is 2. The van der Waals surface area contributed by atoms with Crippen LogP contribution in [0.15, 0.2) is 66.7 Å². The topological polar surface area (TPSA) is 79.5 Å². The number of allylic oxidation sites excluding steroid dienone is 2. The van der Waals surface area contributed by atoms with E-state index in [-0.39, 0.29) is 18.4 Å². The Balaban J connectivity index is 1.70. The molecule has 3 rings (SSSR count). The largest absolute Gasteiger partial charge is 0.481 e. The van der Waals surface area contributed by atoms with E-state index in [2.05, 4.69) is 12.1 Å². The second-order valence-electron chi connectivity index (χ2n) is 7.08. The monoisotopic (exact) mass is 391 g/mol. The van der Waals surface area contributed by atoms with E-state index < -0.39 is 12.3 Å². The molecule has 0 amide bonds. The van der Waals surface area contributed by atoms with Gasteiger partial charge in [0.25, 0.3) is 0 Å². The molecule has 0 aliphatic carbocycles. The fourth-order valence-corrected chi connectivity index (χ4v) is 3.49. The van der Waals surface area contributed by atoms with Gasteiger partial charge in [-0.2, -0.15) is 5.26 Å². The summed E-state index contributed by atoms with van der Waals surface area (Å²) in [6.45, 7) is 0.517. The van der Waals surface area contributed by atoms with Gasteiger partial charge in [0, 0.05) is 17.9 Å².